The monoisotopic (exact) mass is 374 g/mol. The second kappa shape index (κ2) is 7.55. The Morgan fingerprint density at radius 1 is 1.38 bits per heavy atom. The third-order valence-electron chi connectivity index (χ3n) is 2.57. The average molecular weight is 375 g/mol. The lowest BCUT2D eigenvalue weighted by atomic mass is 10.3. The van der Waals surface area contributed by atoms with Crippen molar-refractivity contribution in [2.75, 3.05) is 6.61 Å². The SMILES string of the molecule is CC(Cl)=CCOc1cc(C#N)cc(Oc2ccc(C(F)(F)F)s2)n1. The fourth-order valence-electron chi connectivity index (χ4n) is 1.54. The van der Waals surface area contributed by atoms with Crippen molar-refractivity contribution in [2.24, 2.45) is 0 Å². The van der Waals surface area contributed by atoms with Crippen LogP contribution in [0, 0.1) is 11.3 Å². The highest BCUT2D eigenvalue weighted by Crippen LogP contribution is 2.39. The predicted octanol–water partition coefficient (Wildman–Crippen LogP) is 5.35. The van der Waals surface area contributed by atoms with Crippen LogP contribution in [-0.2, 0) is 6.18 Å². The van der Waals surface area contributed by atoms with E-state index in [9.17, 15) is 13.2 Å². The van der Waals surface area contributed by atoms with Gasteiger partial charge in [0.25, 0.3) is 0 Å². The Hall–Kier alpha value is -2.24. The lowest BCUT2D eigenvalue weighted by Crippen LogP contribution is -2.00. The molecule has 0 radical (unpaired) electrons. The average Bonchev–Trinajstić information content (AvgIpc) is 2.95. The van der Waals surface area contributed by atoms with Crippen molar-refractivity contribution in [2.45, 2.75) is 13.1 Å². The first kappa shape index (κ1) is 18.1. The van der Waals surface area contributed by atoms with Gasteiger partial charge in [0, 0.05) is 17.2 Å². The second-order valence-corrected chi connectivity index (χ2v) is 6.11. The van der Waals surface area contributed by atoms with Crippen LogP contribution < -0.4 is 9.47 Å². The Morgan fingerprint density at radius 2 is 2.08 bits per heavy atom. The number of halogens is 4. The van der Waals surface area contributed by atoms with E-state index >= 15 is 0 Å². The number of aromatic nitrogens is 1. The molecule has 0 saturated heterocycles. The lowest BCUT2D eigenvalue weighted by Gasteiger charge is -2.07. The zero-order valence-corrected chi connectivity index (χ0v) is 13.8. The molecule has 0 atom stereocenters. The Kier molecular flexibility index (Phi) is 5.70. The summed E-state index contributed by atoms with van der Waals surface area (Å²) in [5.74, 6) is 0.0667. The number of thiophene rings is 1. The summed E-state index contributed by atoms with van der Waals surface area (Å²) < 4.78 is 48.4. The van der Waals surface area contributed by atoms with Gasteiger partial charge in [-0.3, -0.25) is 0 Å². The summed E-state index contributed by atoms with van der Waals surface area (Å²) in [4.78, 5) is 3.22. The molecule has 2 aromatic rings. The number of ether oxygens (including phenoxy) is 2. The summed E-state index contributed by atoms with van der Waals surface area (Å²) in [7, 11) is 0. The van der Waals surface area contributed by atoms with Gasteiger partial charge in [-0.05, 0) is 25.1 Å². The van der Waals surface area contributed by atoms with Crippen LogP contribution in [-0.4, -0.2) is 11.6 Å². The van der Waals surface area contributed by atoms with Gasteiger partial charge in [-0.15, -0.1) is 0 Å². The van der Waals surface area contributed by atoms with Gasteiger partial charge in [0.1, 0.15) is 11.5 Å². The Balaban J connectivity index is 2.19. The molecule has 0 N–H and O–H groups in total. The van der Waals surface area contributed by atoms with E-state index in [4.69, 9.17) is 26.3 Å². The van der Waals surface area contributed by atoms with Crippen LogP contribution in [0.25, 0.3) is 0 Å². The molecule has 0 bridgehead atoms. The topological polar surface area (TPSA) is 55.1 Å². The molecular formula is C15H10ClF3N2O2S. The molecule has 0 aliphatic heterocycles. The fraction of sp³-hybridized carbons (Fsp3) is 0.200. The number of hydrogen-bond donors (Lipinski definition) is 0. The predicted molar refractivity (Wildman–Crippen MR) is 83.5 cm³/mol. The molecule has 0 amide bonds. The van der Waals surface area contributed by atoms with Crippen LogP contribution in [0.2, 0.25) is 0 Å². The Bertz CT molecular complexity index is 793. The van der Waals surface area contributed by atoms with Crippen LogP contribution in [0.15, 0.2) is 35.4 Å². The highest BCUT2D eigenvalue weighted by molar-refractivity contribution is 7.13. The van der Waals surface area contributed by atoms with Crippen molar-refractivity contribution in [3.8, 4) is 22.9 Å². The van der Waals surface area contributed by atoms with Gasteiger partial charge < -0.3 is 9.47 Å². The molecular weight excluding hydrogens is 365 g/mol. The molecule has 0 unspecified atom stereocenters. The number of nitrogens with zero attached hydrogens (tertiary/aromatic N) is 2. The molecule has 2 heterocycles. The van der Waals surface area contributed by atoms with Crippen molar-refractivity contribution in [3.63, 3.8) is 0 Å². The standard InChI is InChI=1S/C15H10ClF3N2O2S/c1-9(16)4-5-22-12-6-10(8-20)7-13(21-12)23-14-3-2-11(24-14)15(17,18)19/h2-4,6-7H,5H2,1H3. The van der Waals surface area contributed by atoms with Crippen LogP contribution in [0.3, 0.4) is 0 Å². The minimum Gasteiger partial charge on any atom is -0.473 e. The van der Waals surface area contributed by atoms with Crippen molar-refractivity contribution in [3.05, 3.63) is 45.8 Å². The van der Waals surface area contributed by atoms with Gasteiger partial charge in [-0.25, -0.2) is 0 Å². The van der Waals surface area contributed by atoms with E-state index in [2.05, 4.69) is 4.98 Å². The number of rotatable bonds is 5. The minimum atomic E-state index is -4.44. The zero-order valence-electron chi connectivity index (χ0n) is 12.2. The van der Waals surface area contributed by atoms with Crippen molar-refractivity contribution >= 4 is 22.9 Å². The van der Waals surface area contributed by atoms with Gasteiger partial charge in [-0.1, -0.05) is 22.9 Å². The smallest absolute Gasteiger partial charge is 0.425 e. The summed E-state index contributed by atoms with van der Waals surface area (Å²) >= 11 is 6.11. The molecule has 0 saturated carbocycles. The summed E-state index contributed by atoms with van der Waals surface area (Å²) in [5, 5.41) is 9.54. The normalized spacial score (nSPS) is 11.9. The van der Waals surface area contributed by atoms with Gasteiger partial charge in [0.2, 0.25) is 11.8 Å². The lowest BCUT2D eigenvalue weighted by molar-refractivity contribution is -0.134. The molecule has 0 aliphatic carbocycles. The van der Waals surface area contributed by atoms with E-state index in [1.807, 2.05) is 6.07 Å². The Morgan fingerprint density at radius 3 is 2.67 bits per heavy atom. The number of alkyl halides is 3. The molecule has 4 nitrogen and oxygen atoms in total. The van der Waals surface area contributed by atoms with Crippen molar-refractivity contribution < 1.29 is 22.6 Å². The van der Waals surface area contributed by atoms with E-state index in [0.717, 1.165) is 6.07 Å². The molecule has 0 aliphatic rings. The van der Waals surface area contributed by atoms with Crippen molar-refractivity contribution in [1.29, 1.82) is 5.26 Å². The van der Waals surface area contributed by atoms with Crippen molar-refractivity contribution in [1.82, 2.24) is 4.98 Å². The van der Waals surface area contributed by atoms with E-state index in [1.165, 1.54) is 18.2 Å². The second-order valence-electron chi connectivity index (χ2n) is 4.46. The molecule has 126 valence electrons. The summed E-state index contributed by atoms with van der Waals surface area (Å²) in [5.41, 5.74) is 0.203. The van der Waals surface area contributed by atoms with E-state index in [0.29, 0.717) is 16.4 Å². The van der Waals surface area contributed by atoms with E-state index in [-0.39, 0.29) is 29.0 Å². The van der Waals surface area contributed by atoms with E-state index < -0.39 is 11.1 Å². The molecule has 0 aromatic carbocycles. The van der Waals surface area contributed by atoms with Gasteiger partial charge in [0.05, 0.1) is 11.6 Å². The fourth-order valence-corrected chi connectivity index (χ4v) is 2.34. The van der Waals surface area contributed by atoms with E-state index in [1.54, 1.807) is 13.0 Å². The van der Waals surface area contributed by atoms with Crippen LogP contribution >= 0.6 is 22.9 Å². The third kappa shape index (κ3) is 5.15. The molecule has 0 spiro atoms. The summed E-state index contributed by atoms with van der Waals surface area (Å²) in [6.45, 7) is 1.81. The first-order valence-electron chi connectivity index (χ1n) is 6.50. The number of allylic oxidation sites excluding steroid dienone is 1. The molecule has 2 rings (SSSR count). The maximum Gasteiger partial charge on any atom is 0.425 e. The number of pyridine rings is 1. The minimum absolute atomic E-state index is 0.00682. The Labute approximate surface area is 144 Å². The quantitative estimate of drug-likeness (QED) is 0.708. The van der Waals surface area contributed by atoms with Crippen LogP contribution in [0.1, 0.15) is 17.4 Å². The highest BCUT2D eigenvalue weighted by atomic mass is 35.5. The number of nitriles is 1. The summed E-state index contributed by atoms with van der Waals surface area (Å²) in [6, 6.07) is 6.71. The zero-order chi connectivity index (χ0) is 17.7. The largest absolute Gasteiger partial charge is 0.473 e. The van der Waals surface area contributed by atoms with Crippen LogP contribution in [0.4, 0.5) is 13.2 Å². The maximum atomic E-state index is 12.6. The summed E-state index contributed by atoms with van der Waals surface area (Å²) in [6.07, 6.45) is -2.84. The van der Waals surface area contributed by atoms with Gasteiger partial charge in [-0.2, -0.15) is 23.4 Å². The first-order chi connectivity index (χ1) is 11.3. The molecule has 9 heteroatoms. The molecule has 24 heavy (non-hydrogen) atoms. The first-order valence-corrected chi connectivity index (χ1v) is 7.69. The van der Waals surface area contributed by atoms with Gasteiger partial charge in [0.15, 0.2) is 5.06 Å². The highest BCUT2D eigenvalue weighted by Gasteiger charge is 2.32. The van der Waals surface area contributed by atoms with Crippen LogP contribution in [0.5, 0.6) is 16.8 Å². The third-order valence-corrected chi connectivity index (χ3v) is 3.73. The molecule has 2 aromatic heterocycles. The van der Waals surface area contributed by atoms with Gasteiger partial charge >= 0.3 is 6.18 Å². The molecule has 0 fully saturated rings. The maximum absolute atomic E-state index is 12.6. The number of hydrogen-bond acceptors (Lipinski definition) is 5.